The molecular formula is C23H26FN3O4S. The number of rotatable bonds is 9. The van der Waals surface area contributed by atoms with Gasteiger partial charge in [0.05, 0.1) is 23.5 Å². The normalized spacial score (nSPS) is 14.6. The first kappa shape index (κ1) is 23.5. The van der Waals surface area contributed by atoms with Crippen LogP contribution in [0.1, 0.15) is 37.3 Å². The minimum absolute atomic E-state index is 0.0256. The largest absolute Gasteiger partial charge is 0.489 e. The molecule has 0 saturated carbocycles. The van der Waals surface area contributed by atoms with E-state index < -0.39 is 15.8 Å². The van der Waals surface area contributed by atoms with Gasteiger partial charge < -0.3 is 9.64 Å². The van der Waals surface area contributed by atoms with Gasteiger partial charge in [-0.05, 0) is 42.3 Å². The summed E-state index contributed by atoms with van der Waals surface area (Å²) >= 11 is 0. The highest BCUT2D eigenvalue weighted by molar-refractivity contribution is 7.92. The van der Waals surface area contributed by atoms with Crippen LogP contribution in [0.4, 0.5) is 10.1 Å². The van der Waals surface area contributed by atoms with Crippen LogP contribution in [0.15, 0.2) is 42.5 Å². The number of anilines is 1. The summed E-state index contributed by atoms with van der Waals surface area (Å²) < 4.78 is 46.5. The van der Waals surface area contributed by atoms with Crippen LogP contribution in [0.25, 0.3) is 0 Å². The van der Waals surface area contributed by atoms with Crippen LogP contribution in [-0.2, 0) is 21.4 Å². The van der Waals surface area contributed by atoms with Crippen molar-refractivity contribution in [1.82, 2.24) is 4.90 Å². The number of likely N-dealkylation sites (tertiary alicyclic amines) is 1. The zero-order valence-electron chi connectivity index (χ0n) is 17.9. The molecular weight excluding hydrogens is 433 g/mol. The highest BCUT2D eigenvalue weighted by atomic mass is 32.2. The monoisotopic (exact) mass is 459 g/mol. The Morgan fingerprint density at radius 2 is 1.91 bits per heavy atom. The summed E-state index contributed by atoms with van der Waals surface area (Å²) in [6.45, 7) is 2.99. The van der Waals surface area contributed by atoms with Crippen LogP contribution in [-0.4, -0.2) is 44.7 Å². The van der Waals surface area contributed by atoms with Gasteiger partial charge in [0.15, 0.2) is 0 Å². The first-order valence-corrected chi connectivity index (χ1v) is 12.1. The lowest BCUT2D eigenvalue weighted by molar-refractivity contribution is -0.119. The number of carbonyl (C=O) groups excluding carboxylic acids is 1. The van der Waals surface area contributed by atoms with Gasteiger partial charge in [0.1, 0.15) is 23.7 Å². The maximum Gasteiger partial charge on any atom is 0.235 e. The number of benzene rings is 2. The fraction of sp³-hybridized carbons (Fsp3) is 0.391. The number of piperidine rings is 1. The summed E-state index contributed by atoms with van der Waals surface area (Å²) in [5.41, 5.74) is 1.21. The SMILES string of the molecule is CCCS(=O)(=O)N(Cc1ccc(F)cc1)c1ccc(OC2CCN(C=O)CC2)c(C#N)c1. The number of halogens is 1. The molecule has 0 spiro atoms. The smallest absolute Gasteiger partial charge is 0.235 e. The van der Waals surface area contributed by atoms with E-state index in [1.807, 2.05) is 0 Å². The second-order valence-electron chi connectivity index (χ2n) is 7.70. The van der Waals surface area contributed by atoms with E-state index in [-0.39, 0.29) is 24.0 Å². The van der Waals surface area contributed by atoms with Gasteiger partial charge in [0.2, 0.25) is 16.4 Å². The molecule has 2 aromatic carbocycles. The third kappa shape index (κ3) is 5.77. The molecule has 0 unspecified atom stereocenters. The van der Waals surface area contributed by atoms with E-state index in [1.54, 1.807) is 24.0 Å². The molecule has 0 aliphatic carbocycles. The Kier molecular flexibility index (Phi) is 7.70. The first-order chi connectivity index (χ1) is 15.4. The van der Waals surface area contributed by atoms with Gasteiger partial charge in [-0.3, -0.25) is 9.10 Å². The zero-order valence-corrected chi connectivity index (χ0v) is 18.7. The van der Waals surface area contributed by atoms with Crippen molar-refractivity contribution < 1.29 is 22.3 Å². The van der Waals surface area contributed by atoms with E-state index in [2.05, 4.69) is 6.07 Å². The number of nitriles is 1. The molecule has 2 aromatic rings. The summed E-state index contributed by atoms with van der Waals surface area (Å²) in [5.74, 6) is -0.0664. The fourth-order valence-corrected chi connectivity index (χ4v) is 5.13. The van der Waals surface area contributed by atoms with Crippen LogP contribution < -0.4 is 9.04 Å². The zero-order chi connectivity index (χ0) is 23.1. The number of nitrogens with zero attached hydrogens (tertiary/aromatic N) is 3. The van der Waals surface area contributed by atoms with E-state index in [9.17, 15) is 22.9 Å². The standard InChI is InChI=1S/C23H26FN3O4S/c1-2-13-32(29,30)27(16-18-3-5-20(24)6-4-18)21-7-8-23(19(14-21)15-25)31-22-9-11-26(17-28)12-10-22/h3-8,14,17,22H,2,9-13,16H2,1H3. The topological polar surface area (TPSA) is 90.7 Å². The molecule has 3 rings (SSSR count). The lowest BCUT2D eigenvalue weighted by Crippen LogP contribution is -2.37. The molecule has 0 N–H and O–H groups in total. The molecule has 0 aromatic heterocycles. The average molecular weight is 460 g/mol. The van der Waals surface area contributed by atoms with Crippen LogP contribution in [0.3, 0.4) is 0 Å². The van der Waals surface area contributed by atoms with Crippen molar-refractivity contribution in [3.8, 4) is 11.8 Å². The van der Waals surface area contributed by atoms with Gasteiger partial charge in [-0.1, -0.05) is 19.1 Å². The Bertz CT molecular complexity index is 1080. The Labute approximate surface area is 188 Å². The summed E-state index contributed by atoms with van der Waals surface area (Å²) in [5, 5.41) is 9.67. The van der Waals surface area contributed by atoms with E-state index in [0.717, 1.165) is 6.41 Å². The van der Waals surface area contributed by atoms with Crippen LogP contribution in [0.5, 0.6) is 5.75 Å². The van der Waals surface area contributed by atoms with Gasteiger partial charge in [-0.15, -0.1) is 0 Å². The van der Waals surface area contributed by atoms with Crippen molar-refractivity contribution in [2.24, 2.45) is 0 Å². The number of amides is 1. The maximum absolute atomic E-state index is 13.3. The van der Waals surface area contributed by atoms with Crippen LogP contribution in [0.2, 0.25) is 0 Å². The van der Waals surface area contributed by atoms with Crippen LogP contribution in [0, 0.1) is 17.1 Å². The van der Waals surface area contributed by atoms with E-state index in [1.165, 1.54) is 34.6 Å². The van der Waals surface area contributed by atoms with Gasteiger partial charge >= 0.3 is 0 Å². The molecule has 1 fully saturated rings. The highest BCUT2D eigenvalue weighted by Gasteiger charge is 2.25. The molecule has 170 valence electrons. The average Bonchev–Trinajstić information content (AvgIpc) is 2.79. The van der Waals surface area contributed by atoms with E-state index in [4.69, 9.17) is 4.74 Å². The van der Waals surface area contributed by atoms with Crippen molar-refractivity contribution in [3.05, 3.63) is 59.4 Å². The molecule has 0 atom stereocenters. The molecule has 9 heteroatoms. The number of sulfonamides is 1. The summed E-state index contributed by atoms with van der Waals surface area (Å²) in [4.78, 5) is 12.6. The number of hydrogen-bond donors (Lipinski definition) is 0. The summed E-state index contributed by atoms with van der Waals surface area (Å²) in [7, 11) is -3.66. The predicted molar refractivity (Wildman–Crippen MR) is 119 cm³/mol. The first-order valence-electron chi connectivity index (χ1n) is 10.5. The van der Waals surface area contributed by atoms with Crippen molar-refractivity contribution in [2.75, 3.05) is 23.1 Å². The minimum Gasteiger partial charge on any atom is -0.489 e. The van der Waals surface area contributed by atoms with Crippen molar-refractivity contribution in [3.63, 3.8) is 0 Å². The number of hydrogen-bond acceptors (Lipinski definition) is 5. The molecule has 0 radical (unpaired) electrons. The molecule has 32 heavy (non-hydrogen) atoms. The van der Waals surface area contributed by atoms with Gasteiger partial charge in [-0.2, -0.15) is 5.26 Å². The van der Waals surface area contributed by atoms with Crippen molar-refractivity contribution in [2.45, 2.75) is 38.8 Å². The van der Waals surface area contributed by atoms with Crippen molar-refractivity contribution in [1.29, 1.82) is 5.26 Å². The summed E-state index contributed by atoms with van der Waals surface area (Å²) in [6.07, 6.45) is 2.45. The van der Waals surface area contributed by atoms with E-state index >= 15 is 0 Å². The highest BCUT2D eigenvalue weighted by Crippen LogP contribution is 2.30. The second-order valence-corrected chi connectivity index (χ2v) is 9.71. The van der Waals surface area contributed by atoms with Crippen molar-refractivity contribution >= 4 is 22.1 Å². The minimum atomic E-state index is -3.66. The van der Waals surface area contributed by atoms with E-state index in [0.29, 0.717) is 49.4 Å². The molecule has 1 amide bonds. The number of ether oxygens (including phenoxy) is 1. The lowest BCUT2D eigenvalue weighted by atomic mass is 10.1. The third-order valence-corrected chi connectivity index (χ3v) is 7.26. The molecule has 0 bridgehead atoms. The Morgan fingerprint density at radius 3 is 2.50 bits per heavy atom. The Balaban J connectivity index is 1.87. The predicted octanol–water partition coefficient (Wildman–Crippen LogP) is 3.44. The Hall–Kier alpha value is -3.12. The molecule has 1 heterocycles. The maximum atomic E-state index is 13.3. The molecule has 1 aliphatic heterocycles. The van der Waals surface area contributed by atoms with Gasteiger partial charge in [-0.25, -0.2) is 12.8 Å². The Morgan fingerprint density at radius 1 is 1.22 bits per heavy atom. The fourth-order valence-electron chi connectivity index (χ4n) is 3.62. The quantitative estimate of drug-likeness (QED) is 0.536. The summed E-state index contributed by atoms with van der Waals surface area (Å²) in [6, 6.07) is 12.5. The molecule has 7 nitrogen and oxygen atoms in total. The van der Waals surface area contributed by atoms with Gasteiger partial charge in [0.25, 0.3) is 0 Å². The van der Waals surface area contributed by atoms with Gasteiger partial charge in [0, 0.05) is 25.9 Å². The lowest BCUT2D eigenvalue weighted by Gasteiger charge is -2.30. The van der Waals surface area contributed by atoms with Crippen LogP contribution >= 0.6 is 0 Å². The number of carbonyl (C=O) groups is 1. The third-order valence-electron chi connectivity index (χ3n) is 5.33. The molecule has 1 saturated heterocycles. The molecule has 1 aliphatic rings. The second kappa shape index (κ2) is 10.5.